The highest BCUT2D eigenvalue weighted by atomic mass is 15.2. The lowest BCUT2D eigenvalue weighted by Gasteiger charge is -2.27. The van der Waals surface area contributed by atoms with Crippen molar-refractivity contribution < 1.29 is 0 Å². The second-order valence-electron chi connectivity index (χ2n) is 5.59. The van der Waals surface area contributed by atoms with Gasteiger partial charge in [0.2, 0.25) is 0 Å². The number of nitrogens with zero attached hydrogens (tertiary/aromatic N) is 2. The Kier molecular flexibility index (Phi) is 4.61. The van der Waals surface area contributed by atoms with E-state index in [4.69, 9.17) is 5.73 Å². The summed E-state index contributed by atoms with van der Waals surface area (Å²) in [5.74, 6) is 0. The highest BCUT2D eigenvalue weighted by Crippen LogP contribution is 2.18. The summed E-state index contributed by atoms with van der Waals surface area (Å²) in [6, 6.07) is 9.01. The molecule has 0 saturated carbocycles. The van der Waals surface area contributed by atoms with Crippen LogP contribution in [-0.4, -0.2) is 49.6 Å². The van der Waals surface area contributed by atoms with E-state index in [-0.39, 0.29) is 0 Å². The van der Waals surface area contributed by atoms with Crippen LogP contribution >= 0.6 is 0 Å². The zero-order valence-corrected chi connectivity index (χ0v) is 11.6. The van der Waals surface area contributed by atoms with E-state index < -0.39 is 0 Å². The summed E-state index contributed by atoms with van der Waals surface area (Å²) in [5.41, 5.74) is 8.04. The highest BCUT2D eigenvalue weighted by molar-refractivity contribution is 5.40. The Labute approximate surface area is 111 Å². The lowest BCUT2D eigenvalue weighted by Crippen LogP contribution is -2.38. The van der Waals surface area contributed by atoms with Crippen molar-refractivity contribution in [2.75, 3.05) is 39.5 Å². The standard InChI is InChI=1S/C15H25N3/c1-17(2)12-15-7-4-9-18(15)10-8-13-5-3-6-14(16)11-13/h3,5-6,11,15H,4,7-10,12,16H2,1-2H3. The van der Waals surface area contributed by atoms with Crippen molar-refractivity contribution in [1.29, 1.82) is 0 Å². The molecule has 18 heavy (non-hydrogen) atoms. The van der Waals surface area contributed by atoms with Crippen LogP contribution in [0.25, 0.3) is 0 Å². The van der Waals surface area contributed by atoms with Gasteiger partial charge in [-0.25, -0.2) is 0 Å². The summed E-state index contributed by atoms with van der Waals surface area (Å²) in [6.45, 7) is 3.58. The molecule has 1 aliphatic rings. The first kappa shape index (κ1) is 13.4. The summed E-state index contributed by atoms with van der Waals surface area (Å²) < 4.78 is 0. The number of nitrogen functional groups attached to an aromatic ring is 1. The smallest absolute Gasteiger partial charge is 0.0316 e. The van der Waals surface area contributed by atoms with Crippen molar-refractivity contribution in [3.63, 3.8) is 0 Å². The summed E-state index contributed by atoms with van der Waals surface area (Å²) >= 11 is 0. The molecule has 1 unspecified atom stereocenters. The third-order valence-electron chi connectivity index (χ3n) is 3.71. The van der Waals surface area contributed by atoms with Crippen LogP contribution in [0.15, 0.2) is 24.3 Å². The zero-order chi connectivity index (χ0) is 13.0. The Bertz CT molecular complexity index is 376. The topological polar surface area (TPSA) is 32.5 Å². The monoisotopic (exact) mass is 247 g/mol. The molecule has 0 bridgehead atoms. The fourth-order valence-electron chi connectivity index (χ4n) is 2.84. The second-order valence-corrected chi connectivity index (χ2v) is 5.59. The quantitative estimate of drug-likeness (QED) is 0.806. The summed E-state index contributed by atoms with van der Waals surface area (Å²) in [5, 5.41) is 0. The largest absolute Gasteiger partial charge is 0.399 e. The third kappa shape index (κ3) is 3.72. The van der Waals surface area contributed by atoms with Crippen molar-refractivity contribution in [1.82, 2.24) is 9.80 Å². The summed E-state index contributed by atoms with van der Waals surface area (Å²) in [4.78, 5) is 4.92. The third-order valence-corrected chi connectivity index (χ3v) is 3.71. The fourth-order valence-corrected chi connectivity index (χ4v) is 2.84. The first-order valence-corrected chi connectivity index (χ1v) is 6.88. The molecule has 3 heteroatoms. The van der Waals surface area contributed by atoms with E-state index in [0.717, 1.165) is 24.7 Å². The molecule has 1 atom stereocenters. The molecule has 0 spiro atoms. The molecule has 1 aromatic carbocycles. The lowest BCUT2D eigenvalue weighted by molar-refractivity contribution is 0.210. The number of nitrogens with two attached hydrogens (primary N) is 1. The molecule has 0 radical (unpaired) electrons. The fraction of sp³-hybridized carbons (Fsp3) is 0.600. The molecule has 2 N–H and O–H groups in total. The van der Waals surface area contributed by atoms with Gasteiger partial charge in [-0.1, -0.05) is 12.1 Å². The molecular formula is C15H25N3. The van der Waals surface area contributed by atoms with Gasteiger partial charge in [0.1, 0.15) is 0 Å². The number of hydrogen-bond acceptors (Lipinski definition) is 3. The van der Waals surface area contributed by atoms with Gasteiger partial charge in [0.25, 0.3) is 0 Å². The van der Waals surface area contributed by atoms with E-state index >= 15 is 0 Å². The van der Waals surface area contributed by atoms with E-state index in [1.807, 2.05) is 12.1 Å². The number of hydrogen-bond donors (Lipinski definition) is 1. The predicted molar refractivity (Wildman–Crippen MR) is 77.7 cm³/mol. The molecular weight excluding hydrogens is 222 g/mol. The van der Waals surface area contributed by atoms with Gasteiger partial charge >= 0.3 is 0 Å². The first-order chi connectivity index (χ1) is 8.65. The Morgan fingerprint density at radius 2 is 2.22 bits per heavy atom. The Balaban J connectivity index is 1.85. The van der Waals surface area contributed by atoms with Gasteiger partial charge in [0.05, 0.1) is 0 Å². The van der Waals surface area contributed by atoms with Gasteiger partial charge in [-0.05, 0) is 57.6 Å². The number of benzene rings is 1. The Hall–Kier alpha value is -1.06. The van der Waals surface area contributed by atoms with E-state index in [2.05, 4.69) is 36.0 Å². The zero-order valence-electron chi connectivity index (χ0n) is 11.6. The average Bonchev–Trinajstić information content (AvgIpc) is 2.73. The van der Waals surface area contributed by atoms with Crippen molar-refractivity contribution in [2.24, 2.45) is 0 Å². The van der Waals surface area contributed by atoms with E-state index in [1.54, 1.807) is 0 Å². The number of rotatable bonds is 5. The van der Waals surface area contributed by atoms with Crippen LogP contribution < -0.4 is 5.73 Å². The predicted octanol–water partition coefficient (Wildman–Crippen LogP) is 1.84. The SMILES string of the molecule is CN(C)CC1CCCN1CCc1cccc(N)c1. The van der Waals surface area contributed by atoms with Crippen LogP contribution in [0.5, 0.6) is 0 Å². The van der Waals surface area contributed by atoms with Crippen LogP contribution in [0.2, 0.25) is 0 Å². The highest BCUT2D eigenvalue weighted by Gasteiger charge is 2.24. The van der Waals surface area contributed by atoms with Crippen LogP contribution in [0, 0.1) is 0 Å². The van der Waals surface area contributed by atoms with Crippen LogP contribution in [0.4, 0.5) is 5.69 Å². The van der Waals surface area contributed by atoms with Gasteiger partial charge in [0, 0.05) is 24.8 Å². The van der Waals surface area contributed by atoms with E-state index in [0.29, 0.717) is 0 Å². The van der Waals surface area contributed by atoms with Gasteiger partial charge in [0.15, 0.2) is 0 Å². The maximum absolute atomic E-state index is 5.82. The van der Waals surface area contributed by atoms with Crippen LogP contribution in [0.3, 0.4) is 0 Å². The van der Waals surface area contributed by atoms with Crippen molar-refractivity contribution in [2.45, 2.75) is 25.3 Å². The Morgan fingerprint density at radius 1 is 1.39 bits per heavy atom. The van der Waals surface area contributed by atoms with Crippen molar-refractivity contribution in [3.05, 3.63) is 29.8 Å². The maximum Gasteiger partial charge on any atom is 0.0316 e. The van der Waals surface area contributed by atoms with E-state index in [1.165, 1.54) is 31.5 Å². The van der Waals surface area contributed by atoms with Gasteiger partial charge < -0.3 is 10.6 Å². The molecule has 0 amide bonds. The molecule has 1 fully saturated rings. The summed E-state index contributed by atoms with van der Waals surface area (Å²) in [7, 11) is 4.32. The van der Waals surface area contributed by atoms with Crippen molar-refractivity contribution >= 4 is 5.69 Å². The van der Waals surface area contributed by atoms with Crippen molar-refractivity contribution in [3.8, 4) is 0 Å². The maximum atomic E-state index is 5.82. The van der Waals surface area contributed by atoms with Gasteiger partial charge in [-0.15, -0.1) is 0 Å². The van der Waals surface area contributed by atoms with Crippen LogP contribution in [-0.2, 0) is 6.42 Å². The molecule has 0 aromatic heterocycles. The minimum atomic E-state index is 0.737. The molecule has 0 aliphatic carbocycles. The molecule has 100 valence electrons. The molecule has 1 aliphatic heterocycles. The molecule has 1 saturated heterocycles. The Morgan fingerprint density at radius 3 is 2.94 bits per heavy atom. The second kappa shape index (κ2) is 6.21. The number of likely N-dealkylation sites (N-methyl/N-ethyl adjacent to an activating group) is 1. The first-order valence-electron chi connectivity index (χ1n) is 6.88. The minimum absolute atomic E-state index is 0.737. The normalized spacial score (nSPS) is 20.7. The minimum Gasteiger partial charge on any atom is -0.399 e. The van der Waals surface area contributed by atoms with Crippen LogP contribution in [0.1, 0.15) is 18.4 Å². The molecule has 1 heterocycles. The molecule has 1 aromatic rings. The van der Waals surface area contributed by atoms with Gasteiger partial charge in [-0.3, -0.25) is 4.90 Å². The summed E-state index contributed by atoms with van der Waals surface area (Å²) in [6.07, 6.45) is 3.79. The van der Waals surface area contributed by atoms with Gasteiger partial charge in [-0.2, -0.15) is 0 Å². The molecule has 3 nitrogen and oxygen atoms in total. The average molecular weight is 247 g/mol. The number of anilines is 1. The lowest BCUT2D eigenvalue weighted by atomic mass is 10.1. The number of likely N-dealkylation sites (tertiary alicyclic amines) is 1. The van der Waals surface area contributed by atoms with E-state index in [9.17, 15) is 0 Å². The molecule has 2 rings (SSSR count).